The van der Waals surface area contributed by atoms with E-state index in [-0.39, 0.29) is 6.03 Å². The molecule has 6 heteroatoms. The van der Waals surface area contributed by atoms with Gasteiger partial charge in [-0.05, 0) is 18.6 Å². The molecule has 22 heavy (non-hydrogen) atoms. The SMILES string of the molecule is O=C(NCCCOc1ccccc1)NCCN1CCNCC1. The third-order valence-electron chi connectivity index (χ3n) is 3.54. The lowest BCUT2D eigenvalue weighted by Gasteiger charge is -2.27. The number of urea groups is 1. The van der Waals surface area contributed by atoms with Crippen LogP contribution in [0.15, 0.2) is 30.3 Å². The summed E-state index contributed by atoms with van der Waals surface area (Å²) in [5, 5.41) is 9.04. The average Bonchev–Trinajstić information content (AvgIpc) is 2.56. The summed E-state index contributed by atoms with van der Waals surface area (Å²) < 4.78 is 5.56. The Morgan fingerprint density at radius 2 is 1.86 bits per heavy atom. The second kappa shape index (κ2) is 10.0. The third kappa shape index (κ3) is 6.78. The summed E-state index contributed by atoms with van der Waals surface area (Å²) in [4.78, 5) is 14.0. The van der Waals surface area contributed by atoms with Crippen molar-refractivity contribution in [3.8, 4) is 5.75 Å². The Bertz CT molecular complexity index is 421. The molecule has 1 heterocycles. The predicted octanol–water partition coefficient (Wildman–Crippen LogP) is 0.660. The van der Waals surface area contributed by atoms with Crippen molar-refractivity contribution in [3.63, 3.8) is 0 Å². The van der Waals surface area contributed by atoms with Crippen molar-refractivity contribution in [1.29, 1.82) is 0 Å². The lowest BCUT2D eigenvalue weighted by molar-refractivity contribution is 0.226. The minimum atomic E-state index is -0.102. The minimum Gasteiger partial charge on any atom is -0.494 e. The number of carbonyl (C=O) groups is 1. The van der Waals surface area contributed by atoms with Crippen molar-refractivity contribution in [3.05, 3.63) is 30.3 Å². The van der Waals surface area contributed by atoms with Crippen LogP contribution in [-0.2, 0) is 0 Å². The maximum atomic E-state index is 11.6. The monoisotopic (exact) mass is 306 g/mol. The van der Waals surface area contributed by atoms with E-state index in [9.17, 15) is 4.79 Å². The zero-order chi connectivity index (χ0) is 15.5. The van der Waals surface area contributed by atoms with Crippen LogP contribution in [-0.4, -0.2) is 63.4 Å². The maximum absolute atomic E-state index is 11.6. The van der Waals surface area contributed by atoms with Crippen LogP contribution in [0.1, 0.15) is 6.42 Å². The number of nitrogens with zero attached hydrogens (tertiary/aromatic N) is 1. The van der Waals surface area contributed by atoms with Gasteiger partial charge in [-0.1, -0.05) is 18.2 Å². The molecule has 0 radical (unpaired) electrons. The van der Waals surface area contributed by atoms with Crippen molar-refractivity contribution in [2.24, 2.45) is 0 Å². The Hall–Kier alpha value is -1.79. The molecule has 1 fully saturated rings. The number of piperazine rings is 1. The second-order valence-corrected chi connectivity index (χ2v) is 5.29. The van der Waals surface area contributed by atoms with E-state index >= 15 is 0 Å². The fourth-order valence-electron chi connectivity index (χ4n) is 2.31. The Morgan fingerprint density at radius 1 is 1.14 bits per heavy atom. The molecular weight excluding hydrogens is 280 g/mol. The molecule has 0 saturated carbocycles. The van der Waals surface area contributed by atoms with Crippen LogP contribution in [0.2, 0.25) is 0 Å². The van der Waals surface area contributed by atoms with Gasteiger partial charge in [0.15, 0.2) is 0 Å². The molecule has 1 aliphatic rings. The summed E-state index contributed by atoms with van der Waals surface area (Å²) in [5.41, 5.74) is 0. The van der Waals surface area contributed by atoms with Gasteiger partial charge in [0, 0.05) is 45.8 Å². The molecule has 1 aliphatic heterocycles. The van der Waals surface area contributed by atoms with E-state index in [1.165, 1.54) is 0 Å². The van der Waals surface area contributed by atoms with Crippen LogP contribution in [0.5, 0.6) is 5.75 Å². The van der Waals surface area contributed by atoms with Crippen LogP contribution in [0.3, 0.4) is 0 Å². The lowest BCUT2D eigenvalue weighted by Crippen LogP contribution is -2.47. The molecule has 0 unspecified atom stereocenters. The highest BCUT2D eigenvalue weighted by molar-refractivity contribution is 5.73. The van der Waals surface area contributed by atoms with Crippen molar-refractivity contribution >= 4 is 6.03 Å². The first kappa shape index (κ1) is 16.6. The molecule has 0 aliphatic carbocycles. The summed E-state index contributed by atoms with van der Waals surface area (Å²) in [7, 11) is 0. The van der Waals surface area contributed by atoms with Crippen LogP contribution >= 0.6 is 0 Å². The van der Waals surface area contributed by atoms with Crippen molar-refractivity contribution in [2.75, 3.05) is 52.4 Å². The van der Waals surface area contributed by atoms with Gasteiger partial charge in [-0.15, -0.1) is 0 Å². The fourth-order valence-corrected chi connectivity index (χ4v) is 2.31. The molecule has 3 N–H and O–H groups in total. The molecule has 6 nitrogen and oxygen atoms in total. The molecular formula is C16H26N4O2. The van der Waals surface area contributed by atoms with Gasteiger partial charge in [0.1, 0.15) is 5.75 Å². The summed E-state index contributed by atoms with van der Waals surface area (Å²) >= 11 is 0. The highest BCUT2D eigenvalue weighted by Gasteiger charge is 2.08. The first-order valence-corrected chi connectivity index (χ1v) is 7.97. The van der Waals surface area contributed by atoms with Gasteiger partial charge in [0.25, 0.3) is 0 Å². The molecule has 1 aromatic rings. The molecule has 0 aromatic heterocycles. The van der Waals surface area contributed by atoms with Crippen molar-refractivity contribution in [1.82, 2.24) is 20.9 Å². The topological polar surface area (TPSA) is 65.6 Å². The molecule has 0 atom stereocenters. The van der Waals surface area contributed by atoms with Gasteiger partial charge in [-0.3, -0.25) is 4.90 Å². The summed E-state index contributed by atoms with van der Waals surface area (Å²) in [6.45, 7) is 7.00. The van der Waals surface area contributed by atoms with Crippen molar-refractivity contribution < 1.29 is 9.53 Å². The van der Waals surface area contributed by atoms with Gasteiger partial charge >= 0.3 is 6.03 Å². The minimum absolute atomic E-state index is 0.102. The number of para-hydroxylation sites is 1. The number of carbonyl (C=O) groups excluding carboxylic acids is 1. The first-order valence-electron chi connectivity index (χ1n) is 7.97. The van der Waals surface area contributed by atoms with E-state index < -0.39 is 0 Å². The number of benzene rings is 1. The molecule has 0 bridgehead atoms. The fraction of sp³-hybridized carbons (Fsp3) is 0.562. The Balaban J connectivity index is 1.44. The van der Waals surface area contributed by atoms with Crippen LogP contribution in [0, 0.1) is 0 Å². The van der Waals surface area contributed by atoms with Crippen molar-refractivity contribution in [2.45, 2.75) is 6.42 Å². The van der Waals surface area contributed by atoms with Gasteiger partial charge in [0.05, 0.1) is 6.61 Å². The largest absolute Gasteiger partial charge is 0.494 e. The highest BCUT2D eigenvalue weighted by atomic mass is 16.5. The quantitative estimate of drug-likeness (QED) is 0.617. The normalized spacial score (nSPS) is 15.3. The van der Waals surface area contributed by atoms with E-state index in [1.807, 2.05) is 30.3 Å². The molecule has 1 saturated heterocycles. The van der Waals surface area contributed by atoms with Gasteiger partial charge < -0.3 is 20.7 Å². The van der Waals surface area contributed by atoms with E-state index in [4.69, 9.17) is 4.74 Å². The van der Waals surface area contributed by atoms with E-state index in [0.29, 0.717) is 19.7 Å². The number of hydrogen-bond acceptors (Lipinski definition) is 4. The molecule has 2 rings (SSSR count). The summed E-state index contributed by atoms with van der Waals surface area (Å²) in [5.74, 6) is 0.864. The smallest absolute Gasteiger partial charge is 0.314 e. The van der Waals surface area contributed by atoms with Crippen LogP contribution in [0.4, 0.5) is 4.79 Å². The first-order chi connectivity index (χ1) is 10.8. The number of nitrogens with one attached hydrogen (secondary N) is 3. The molecule has 0 spiro atoms. The zero-order valence-electron chi connectivity index (χ0n) is 13.0. The number of ether oxygens (including phenoxy) is 1. The van der Waals surface area contributed by atoms with E-state index in [2.05, 4.69) is 20.9 Å². The highest BCUT2D eigenvalue weighted by Crippen LogP contribution is 2.07. The Labute approximate surface area is 132 Å². The Morgan fingerprint density at radius 3 is 2.64 bits per heavy atom. The number of rotatable bonds is 8. The predicted molar refractivity (Wildman–Crippen MR) is 87.3 cm³/mol. The summed E-state index contributed by atoms with van der Waals surface area (Å²) in [6.07, 6.45) is 0.792. The zero-order valence-corrected chi connectivity index (χ0v) is 13.0. The van der Waals surface area contributed by atoms with Gasteiger partial charge in [0.2, 0.25) is 0 Å². The second-order valence-electron chi connectivity index (χ2n) is 5.29. The lowest BCUT2D eigenvalue weighted by atomic mass is 10.3. The third-order valence-corrected chi connectivity index (χ3v) is 3.54. The number of amides is 2. The van der Waals surface area contributed by atoms with Crippen LogP contribution < -0.4 is 20.7 Å². The van der Waals surface area contributed by atoms with E-state index in [1.54, 1.807) is 0 Å². The maximum Gasteiger partial charge on any atom is 0.314 e. The van der Waals surface area contributed by atoms with E-state index in [0.717, 1.165) is 44.9 Å². The van der Waals surface area contributed by atoms with Gasteiger partial charge in [-0.2, -0.15) is 0 Å². The molecule has 1 aromatic carbocycles. The molecule has 2 amide bonds. The van der Waals surface area contributed by atoms with Crippen LogP contribution in [0.25, 0.3) is 0 Å². The average molecular weight is 306 g/mol. The Kier molecular flexibility index (Phi) is 7.55. The summed E-state index contributed by atoms with van der Waals surface area (Å²) in [6, 6.07) is 9.60. The molecule has 122 valence electrons. The van der Waals surface area contributed by atoms with Gasteiger partial charge in [-0.25, -0.2) is 4.79 Å². The number of hydrogen-bond donors (Lipinski definition) is 3. The standard InChI is InChI=1S/C16H26N4O2/c21-16(19-10-13-20-11-8-17-9-12-20)18-7-4-14-22-15-5-2-1-3-6-15/h1-3,5-6,17H,4,7-14H2,(H2,18,19,21).